The predicted molar refractivity (Wildman–Crippen MR) is 125 cm³/mol. The molecule has 1 N–H and O–H groups in total. The molecule has 0 atom stereocenters. The molecule has 0 aliphatic rings. The smallest absolute Gasteiger partial charge is 0.230 e. The third kappa shape index (κ3) is 5.69. The van der Waals surface area contributed by atoms with E-state index in [1.54, 1.807) is 11.8 Å². The number of amides is 1. The fraction of sp³-hybridized carbons (Fsp3) is 0.0870. The molecule has 4 aromatic rings. The standard InChI is InChI=1S/C23H18ClN3OS2/c24-20-8-4-5-17(13-20)15-29-23-27-26-22(30-23)25-21(28)14-16-9-11-19(12-10-16)18-6-2-1-3-7-18/h1-13H,14-15H2,(H,25,26,28). The number of aromatic nitrogens is 2. The van der Waals surface area contributed by atoms with Crippen molar-refractivity contribution in [2.45, 2.75) is 16.5 Å². The SMILES string of the molecule is O=C(Cc1ccc(-c2ccccc2)cc1)Nc1nnc(SCc2cccc(Cl)c2)s1. The van der Waals surface area contributed by atoms with Crippen LogP contribution in [0.15, 0.2) is 83.2 Å². The molecule has 150 valence electrons. The van der Waals surface area contributed by atoms with E-state index in [2.05, 4.69) is 27.6 Å². The molecule has 0 spiro atoms. The van der Waals surface area contributed by atoms with Crippen LogP contribution in [0, 0.1) is 0 Å². The van der Waals surface area contributed by atoms with E-state index in [9.17, 15) is 4.79 Å². The van der Waals surface area contributed by atoms with E-state index in [4.69, 9.17) is 11.6 Å². The molecule has 0 bridgehead atoms. The fourth-order valence-corrected chi connectivity index (χ4v) is 4.81. The largest absolute Gasteiger partial charge is 0.300 e. The van der Waals surface area contributed by atoms with E-state index in [1.165, 1.54) is 11.3 Å². The molecule has 0 saturated carbocycles. The number of nitrogens with one attached hydrogen (secondary N) is 1. The molecule has 1 heterocycles. The molecule has 0 aliphatic heterocycles. The minimum Gasteiger partial charge on any atom is -0.300 e. The van der Waals surface area contributed by atoms with E-state index >= 15 is 0 Å². The molecule has 7 heteroatoms. The van der Waals surface area contributed by atoms with Gasteiger partial charge in [-0.3, -0.25) is 4.79 Å². The van der Waals surface area contributed by atoms with Crippen molar-refractivity contribution in [1.29, 1.82) is 0 Å². The van der Waals surface area contributed by atoms with Crippen molar-refractivity contribution in [1.82, 2.24) is 10.2 Å². The van der Waals surface area contributed by atoms with Crippen molar-refractivity contribution in [2.75, 3.05) is 5.32 Å². The number of thioether (sulfide) groups is 1. The van der Waals surface area contributed by atoms with Gasteiger partial charge in [0.05, 0.1) is 6.42 Å². The van der Waals surface area contributed by atoms with Gasteiger partial charge in [0, 0.05) is 10.8 Å². The average Bonchev–Trinajstić information content (AvgIpc) is 3.20. The first kappa shape index (κ1) is 20.6. The predicted octanol–water partition coefficient (Wildman–Crippen LogP) is 6.33. The van der Waals surface area contributed by atoms with Crippen molar-refractivity contribution in [3.8, 4) is 11.1 Å². The van der Waals surface area contributed by atoms with Gasteiger partial charge in [0.15, 0.2) is 4.34 Å². The Morgan fingerprint density at radius 2 is 1.67 bits per heavy atom. The number of benzene rings is 3. The van der Waals surface area contributed by atoms with Gasteiger partial charge in [0.2, 0.25) is 11.0 Å². The molecule has 0 unspecified atom stereocenters. The van der Waals surface area contributed by atoms with Crippen LogP contribution in [-0.2, 0) is 17.0 Å². The van der Waals surface area contributed by atoms with Gasteiger partial charge in [0.25, 0.3) is 0 Å². The number of hydrogen-bond acceptors (Lipinski definition) is 5. The number of hydrogen-bond donors (Lipinski definition) is 1. The number of rotatable bonds is 7. The van der Waals surface area contributed by atoms with Gasteiger partial charge in [-0.25, -0.2) is 0 Å². The van der Waals surface area contributed by atoms with Crippen LogP contribution >= 0.6 is 34.7 Å². The summed E-state index contributed by atoms with van der Waals surface area (Å²) in [6, 6.07) is 25.9. The molecule has 1 amide bonds. The van der Waals surface area contributed by atoms with E-state index in [0.29, 0.717) is 11.6 Å². The van der Waals surface area contributed by atoms with Crippen LogP contribution in [-0.4, -0.2) is 16.1 Å². The maximum absolute atomic E-state index is 12.4. The van der Waals surface area contributed by atoms with Gasteiger partial charge in [0.1, 0.15) is 0 Å². The van der Waals surface area contributed by atoms with Gasteiger partial charge in [-0.05, 0) is 34.4 Å². The zero-order valence-electron chi connectivity index (χ0n) is 15.9. The van der Waals surface area contributed by atoms with Gasteiger partial charge in [-0.15, -0.1) is 10.2 Å². The first-order valence-electron chi connectivity index (χ1n) is 9.31. The Balaban J connectivity index is 1.30. The molecule has 4 nitrogen and oxygen atoms in total. The topological polar surface area (TPSA) is 54.9 Å². The summed E-state index contributed by atoms with van der Waals surface area (Å²) in [6.45, 7) is 0. The Bertz CT molecular complexity index is 1130. The minimum absolute atomic E-state index is 0.106. The van der Waals surface area contributed by atoms with Crippen LogP contribution in [0.2, 0.25) is 5.02 Å². The highest BCUT2D eigenvalue weighted by Crippen LogP contribution is 2.29. The number of halogens is 1. The highest BCUT2D eigenvalue weighted by atomic mass is 35.5. The lowest BCUT2D eigenvalue weighted by atomic mass is 10.0. The molecule has 4 rings (SSSR count). The Kier molecular flexibility index (Phi) is 6.79. The molecule has 0 saturated heterocycles. The average molecular weight is 452 g/mol. The summed E-state index contributed by atoms with van der Waals surface area (Å²) >= 11 is 8.95. The lowest BCUT2D eigenvalue weighted by Gasteiger charge is -2.04. The Morgan fingerprint density at radius 1 is 0.900 bits per heavy atom. The maximum atomic E-state index is 12.4. The quantitative estimate of drug-likeness (QED) is 0.263. The Morgan fingerprint density at radius 3 is 2.43 bits per heavy atom. The zero-order chi connectivity index (χ0) is 20.8. The molecule has 3 aromatic carbocycles. The number of carbonyl (C=O) groups excluding carboxylic acids is 1. The van der Waals surface area contributed by atoms with Crippen LogP contribution in [0.1, 0.15) is 11.1 Å². The fourth-order valence-electron chi connectivity index (χ4n) is 2.88. The van der Waals surface area contributed by atoms with Crippen LogP contribution in [0.4, 0.5) is 5.13 Å². The van der Waals surface area contributed by atoms with Crippen molar-refractivity contribution in [2.24, 2.45) is 0 Å². The summed E-state index contributed by atoms with van der Waals surface area (Å²) in [7, 11) is 0. The minimum atomic E-state index is -0.106. The molecule has 30 heavy (non-hydrogen) atoms. The molecule has 1 aromatic heterocycles. The van der Waals surface area contributed by atoms with Crippen LogP contribution in [0.5, 0.6) is 0 Å². The Labute approximate surface area is 188 Å². The lowest BCUT2D eigenvalue weighted by molar-refractivity contribution is -0.115. The number of anilines is 1. The summed E-state index contributed by atoms with van der Waals surface area (Å²) in [5, 5.41) is 12.3. The second kappa shape index (κ2) is 9.89. The number of carbonyl (C=O) groups is 1. The summed E-state index contributed by atoms with van der Waals surface area (Å²) < 4.78 is 0.803. The zero-order valence-corrected chi connectivity index (χ0v) is 18.3. The lowest BCUT2D eigenvalue weighted by Crippen LogP contribution is -2.14. The van der Waals surface area contributed by atoms with Crippen LogP contribution in [0.25, 0.3) is 11.1 Å². The van der Waals surface area contributed by atoms with Crippen molar-refractivity contribution < 1.29 is 4.79 Å². The second-order valence-electron chi connectivity index (χ2n) is 6.58. The first-order chi connectivity index (χ1) is 14.7. The second-order valence-corrected chi connectivity index (χ2v) is 9.22. The monoisotopic (exact) mass is 451 g/mol. The summed E-state index contributed by atoms with van der Waals surface area (Å²) in [5.41, 5.74) is 4.36. The summed E-state index contributed by atoms with van der Waals surface area (Å²) in [4.78, 5) is 12.4. The highest BCUT2D eigenvalue weighted by Gasteiger charge is 2.10. The maximum Gasteiger partial charge on any atom is 0.230 e. The van der Waals surface area contributed by atoms with Gasteiger partial charge < -0.3 is 5.32 Å². The van der Waals surface area contributed by atoms with E-state index in [0.717, 1.165) is 37.4 Å². The molecule has 0 fully saturated rings. The van der Waals surface area contributed by atoms with Crippen molar-refractivity contribution >= 4 is 45.7 Å². The number of nitrogens with zero attached hydrogens (tertiary/aromatic N) is 2. The third-order valence-corrected chi connectivity index (χ3v) is 6.61. The van der Waals surface area contributed by atoms with E-state index in [1.807, 2.05) is 66.7 Å². The Hall–Kier alpha value is -2.67. The van der Waals surface area contributed by atoms with Gasteiger partial charge in [-0.2, -0.15) is 0 Å². The highest BCUT2D eigenvalue weighted by molar-refractivity contribution is 8.00. The van der Waals surface area contributed by atoms with Crippen LogP contribution in [0.3, 0.4) is 0 Å². The molecule has 0 radical (unpaired) electrons. The molecule has 0 aliphatic carbocycles. The first-order valence-corrected chi connectivity index (χ1v) is 11.5. The van der Waals surface area contributed by atoms with Crippen molar-refractivity contribution in [3.63, 3.8) is 0 Å². The molecular weight excluding hydrogens is 434 g/mol. The van der Waals surface area contributed by atoms with E-state index in [-0.39, 0.29) is 5.91 Å². The third-order valence-electron chi connectivity index (χ3n) is 4.33. The summed E-state index contributed by atoms with van der Waals surface area (Å²) in [5.74, 6) is 0.640. The normalized spacial score (nSPS) is 10.7. The van der Waals surface area contributed by atoms with Gasteiger partial charge >= 0.3 is 0 Å². The van der Waals surface area contributed by atoms with Crippen LogP contribution < -0.4 is 5.32 Å². The van der Waals surface area contributed by atoms with Crippen molar-refractivity contribution in [3.05, 3.63) is 95.0 Å². The van der Waals surface area contributed by atoms with Gasteiger partial charge in [-0.1, -0.05) is 101 Å². The van der Waals surface area contributed by atoms with E-state index < -0.39 is 0 Å². The molecular formula is C23H18ClN3OS2. The summed E-state index contributed by atoms with van der Waals surface area (Å²) in [6.07, 6.45) is 0.291.